The molecule has 0 aliphatic carbocycles. The molecule has 1 N–H and O–H groups in total. The zero-order valence-electron chi connectivity index (χ0n) is 12.7. The van der Waals surface area contributed by atoms with Gasteiger partial charge in [-0.25, -0.2) is 9.97 Å². The molecule has 24 heavy (non-hydrogen) atoms. The minimum absolute atomic E-state index is 0.0374. The van der Waals surface area contributed by atoms with Crippen LogP contribution in [0.5, 0.6) is 0 Å². The summed E-state index contributed by atoms with van der Waals surface area (Å²) in [6.07, 6.45) is -4.53. The van der Waals surface area contributed by atoms with Gasteiger partial charge in [0, 0.05) is 0 Å². The second-order valence-electron chi connectivity index (χ2n) is 5.21. The molecule has 2 heterocycles. The van der Waals surface area contributed by atoms with Crippen molar-refractivity contribution in [1.82, 2.24) is 9.97 Å². The number of nitrogens with zero attached hydrogens (tertiary/aromatic N) is 2. The summed E-state index contributed by atoms with van der Waals surface area (Å²) in [6.45, 7) is 1.85. The van der Waals surface area contributed by atoms with Crippen LogP contribution in [-0.2, 0) is 6.18 Å². The lowest BCUT2D eigenvalue weighted by Gasteiger charge is -2.16. The van der Waals surface area contributed by atoms with E-state index in [1.54, 1.807) is 17.5 Å². The van der Waals surface area contributed by atoms with Crippen LogP contribution in [0.1, 0.15) is 24.2 Å². The van der Waals surface area contributed by atoms with Crippen LogP contribution in [-0.4, -0.2) is 9.97 Å². The van der Waals surface area contributed by atoms with Gasteiger partial charge < -0.3 is 5.32 Å². The molecule has 0 amide bonds. The number of halogens is 3. The van der Waals surface area contributed by atoms with Gasteiger partial charge in [0.1, 0.15) is 0 Å². The van der Waals surface area contributed by atoms with Crippen LogP contribution >= 0.6 is 11.3 Å². The van der Waals surface area contributed by atoms with Gasteiger partial charge in [0.2, 0.25) is 5.95 Å². The molecule has 2 aromatic heterocycles. The van der Waals surface area contributed by atoms with E-state index in [2.05, 4.69) is 15.3 Å². The van der Waals surface area contributed by atoms with E-state index in [1.807, 2.05) is 37.3 Å². The number of hydrogen-bond acceptors (Lipinski definition) is 4. The van der Waals surface area contributed by atoms with Gasteiger partial charge in [-0.2, -0.15) is 13.2 Å². The zero-order chi connectivity index (χ0) is 17.2. The lowest BCUT2D eigenvalue weighted by molar-refractivity contribution is -0.141. The van der Waals surface area contributed by atoms with Crippen molar-refractivity contribution in [2.45, 2.75) is 19.1 Å². The molecule has 0 saturated heterocycles. The number of rotatable bonds is 4. The summed E-state index contributed by atoms with van der Waals surface area (Å²) >= 11 is 1.33. The fourth-order valence-corrected chi connectivity index (χ4v) is 2.91. The van der Waals surface area contributed by atoms with Crippen LogP contribution in [0, 0.1) is 0 Å². The Bertz CT molecular complexity index is 802. The van der Waals surface area contributed by atoms with E-state index in [0.717, 1.165) is 11.6 Å². The minimum atomic E-state index is -4.53. The van der Waals surface area contributed by atoms with Gasteiger partial charge in [-0.05, 0) is 30.0 Å². The summed E-state index contributed by atoms with van der Waals surface area (Å²) in [5, 5.41) is 4.75. The summed E-state index contributed by atoms with van der Waals surface area (Å²) in [5.41, 5.74) is 0.245. The largest absolute Gasteiger partial charge is 0.433 e. The number of hydrogen-bond donors (Lipinski definition) is 1. The highest BCUT2D eigenvalue weighted by atomic mass is 32.1. The third kappa shape index (κ3) is 3.73. The van der Waals surface area contributed by atoms with Gasteiger partial charge in [-0.3, -0.25) is 0 Å². The van der Waals surface area contributed by atoms with Crippen LogP contribution in [0.15, 0.2) is 53.9 Å². The van der Waals surface area contributed by atoms with Crippen LogP contribution in [0.3, 0.4) is 0 Å². The van der Waals surface area contributed by atoms with E-state index in [4.69, 9.17) is 0 Å². The third-order valence-electron chi connectivity index (χ3n) is 3.44. The fourth-order valence-electron chi connectivity index (χ4n) is 2.23. The first kappa shape index (κ1) is 16.4. The summed E-state index contributed by atoms with van der Waals surface area (Å²) in [5.74, 6) is -0.0374. The molecule has 0 fully saturated rings. The topological polar surface area (TPSA) is 37.8 Å². The van der Waals surface area contributed by atoms with E-state index in [-0.39, 0.29) is 17.7 Å². The maximum absolute atomic E-state index is 13.1. The van der Waals surface area contributed by atoms with Crippen molar-refractivity contribution in [3.63, 3.8) is 0 Å². The predicted octanol–water partition coefficient (Wildman–Crippen LogP) is 5.40. The van der Waals surface area contributed by atoms with Gasteiger partial charge in [-0.15, -0.1) is 11.3 Å². The van der Waals surface area contributed by atoms with E-state index >= 15 is 0 Å². The number of aromatic nitrogens is 2. The number of nitrogens with one attached hydrogen (secondary N) is 1. The molecular weight excluding hydrogens is 335 g/mol. The average molecular weight is 349 g/mol. The first-order chi connectivity index (χ1) is 11.4. The van der Waals surface area contributed by atoms with E-state index < -0.39 is 11.9 Å². The highest BCUT2D eigenvalue weighted by molar-refractivity contribution is 7.13. The molecule has 0 bridgehead atoms. The molecular formula is C17H14F3N3S. The molecule has 1 aromatic carbocycles. The Kier molecular flexibility index (Phi) is 4.53. The van der Waals surface area contributed by atoms with Gasteiger partial charge in [0.05, 0.1) is 16.6 Å². The Balaban J connectivity index is 1.96. The molecule has 0 radical (unpaired) electrons. The van der Waals surface area contributed by atoms with Crippen molar-refractivity contribution < 1.29 is 13.2 Å². The summed E-state index contributed by atoms with van der Waals surface area (Å²) < 4.78 is 39.4. The standard InChI is InChI=1S/C17H14F3N3S/c1-11(12-6-3-2-4-7-12)21-16-22-13(14-8-5-9-24-14)10-15(23-16)17(18,19)20/h2-11H,1H3,(H,21,22,23)/t11-/m1/s1. The number of alkyl halides is 3. The van der Waals surface area contributed by atoms with E-state index in [1.165, 1.54) is 11.3 Å². The van der Waals surface area contributed by atoms with Gasteiger partial charge in [0.25, 0.3) is 0 Å². The highest BCUT2D eigenvalue weighted by Crippen LogP contribution is 2.33. The smallest absolute Gasteiger partial charge is 0.348 e. The lowest BCUT2D eigenvalue weighted by Crippen LogP contribution is -2.14. The lowest BCUT2D eigenvalue weighted by atomic mass is 10.1. The van der Waals surface area contributed by atoms with Crippen molar-refractivity contribution in [3.05, 3.63) is 65.2 Å². The molecule has 0 spiro atoms. The Hall–Kier alpha value is -2.41. The number of benzene rings is 1. The molecule has 124 valence electrons. The number of anilines is 1. The number of thiophene rings is 1. The minimum Gasteiger partial charge on any atom is -0.348 e. The molecule has 0 unspecified atom stereocenters. The van der Waals surface area contributed by atoms with Crippen molar-refractivity contribution in [2.75, 3.05) is 5.32 Å². The van der Waals surface area contributed by atoms with E-state index in [9.17, 15) is 13.2 Å². The average Bonchev–Trinajstić information content (AvgIpc) is 3.09. The quantitative estimate of drug-likeness (QED) is 0.685. The highest BCUT2D eigenvalue weighted by Gasteiger charge is 2.34. The van der Waals surface area contributed by atoms with Crippen LogP contribution in [0.4, 0.5) is 19.1 Å². The second kappa shape index (κ2) is 6.60. The van der Waals surface area contributed by atoms with Gasteiger partial charge in [0.15, 0.2) is 5.69 Å². The Labute approximate surface area is 141 Å². The molecule has 7 heteroatoms. The van der Waals surface area contributed by atoms with Crippen molar-refractivity contribution in [2.24, 2.45) is 0 Å². The Morgan fingerprint density at radius 1 is 1.04 bits per heavy atom. The molecule has 0 saturated carbocycles. The Morgan fingerprint density at radius 3 is 2.42 bits per heavy atom. The predicted molar refractivity (Wildman–Crippen MR) is 88.8 cm³/mol. The fraction of sp³-hybridized carbons (Fsp3) is 0.176. The van der Waals surface area contributed by atoms with Gasteiger partial charge >= 0.3 is 6.18 Å². The molecule has 3 rings (SSSR count). The SMILES string of the molecule is C[C@@H](Nc1nc(-c2cccs2)cc(C(F)(F)F)n1)c1ccccc1. The summed E-state index contributed by atoms with van der Waals surface area (Å²) in [6, 6.07) is 13.7. The third-order valence-corrected chi connectivity index (χ3v) is 4.33. The van der Waals surface area contributed by atoms with Crippen LogP contribution in [0.2, 0.25) is 0 Å². The summed E-state index contributed by atoms with van der Waals surface area (Å²) in [7, 11) is 0. The monoisotopic (exact) mass is 349 g/mol. The van der Waals surface area contributed by atoms with Crippen LogP contribution < -0.4 is 5.32 Å². The molecule has 0 aliphatic rings. The molecule has 3 nitrogen and oxygen atoms in total. The van der Waals surface area contributed by atoms with Crippen molar-refractivity contribution >= 4 is 17.3 Å². The first-order valence-electron chi connectivity index (χ1n) is 7.25. The molecule has 1 atom stereocenters. The Morgan fingerprint density at radius 2 is 1.79 bits per heavy atom. The maximum atomic E-state index is 13.1. The molecule has 0 aliphatic heterocycles. The summed E-state index contributed by atoms with van der Waals surface area (Å²) in [4.78, 5) is 8.55. The van der Waals surface area contributed by atoms with E-state index in [0.29, 0.717) is 4.88 Å². The molecule has 3 aromatic rings. The maximum Gasteiger partial charge on any atom is 0.433 e. The first-order valence-corrected chi connectivity index (χ1v) is 8.13. The van der Waals surface area contributed by atoms with Crippen molar-refractivity contribution in [1.29, 1.82) is 0 Å². The van der Waals surface area contributed by atoms with Crippen LogP contribution in [0.25, 0.3) is 10.6 Å². The second-order valence-corrected chi connectivity index (χ2v) is 6.16. The van der Waals surface area contributed by atoms with Gasteiger partial charge in [-0.1, -0.05) is 36.4 Å². The van der Waals surface area contributed by atoms with Crippen molar-refractivity contribution in [3.8, 4) is 10.6 Å². The zero-order valence-corrected chi connectivity index (χ0v) is 13.5. The normalized spacial score (nSPS) is 12.8.